The first-order valence-electron chi connectivity index (χ1n) is 32.1. The highest BCUT2D eigenvalue weighted by molar-refractivity contribution is 5.70. The van der Waals surface area contributed by atoms with E-state index in [2.05, 4.69) is 135 Å². The van der Waals surface area contributed by atoms with Crippen molar-refractivity contribution in [3.63, 3.8) is 0 Å². The van der Waals surface area contributed by atoms with Crippen molar-refractivity contribution in [2.24, 2.45) is 0 Å². The topological polar surface area (TPSA) is 72.8 Å². The van der Waals surface area contributed by atoms with Crippen LogP contribution in [-0.2, 0) is 19.1 Å². The molecule has 0 saturated carbocycles. The number of aliphatic hydroxyl groups excluding tert-OH is 1. The Hall–Kier alpha value is -3.70. The van der Waals surface area contributed by atoms with Crippen LogP contribution >= 0.6 is 0 Å². The molecular weight excluding hydrogens is 933 g/mol. The molecule has 1 unspecified atom stereocenters. The largest absolute Gasteiger partial charge is 0.462 e. The van der Waals surface area contributed by atoms with Gasteiger partial charge >= 0.3 is 11.9 Å². The first-order valence-corrected chi connectivity index (χ1v) is 32.1. The van der Waals surface area contributed by atoms with Crippen molar-refractivity contribution in [2.75, 3.05) is 13.2 Å². The number of allylic oxidation sites excluding steroid dienone is 20. The van der Waals surface area contributed by atoms with Crippen LogP contribution < -0.4 is 0 Å². The second-order valence-corrected chi connectivity index (χ2v) is 21.1. The average Bonchev–Trinajstić information content (AvgIpc) is 3.42. The molecule has 0 aliphatic heterocycles. The van der Waals surface area contributed by atoms with Gasteiger partial charge in [0.05, 0.1) is 6.61 Å². The van der Waals surface area contributed by atoms with Crippen LogP contribution in [0.3, 0.4) is 0 Å². The van der Waals surface area contributed by atoms with Crippen molar-refractivity contribution in [3.05, 3.63) is 122 Å². The Kier molecular flexibility index (Phi) is 62.4. The maximum atomic E-state index is 12.3. The molecule has 5 nitrogen and oxygen atoms in total. The van der Waals surface area contributed by atoms with Crippen molar-refractivity contribution in [3.8, 4) is 0 Å². The highest BCUT2D eigenvalue weighted by Crippen LogP contribution is 2.16. The fraction of sp³-hybridized carbons (Fsp3) is 0.690. The Labute approximate surface area is 471 Å². The molecule has 76 heavy (non-hydrogen) atoms. The predicted molar refractivity (Wildman–Crippen MR) is 334 cm³/mol. The highest BCUT2D eigenvalue weighted by Gasteiger charge is 2.16. The summed E-state index contributed by atoms with van der Waals surface area (Å²) in [6, 6.07) is 0. The normalized spacial score (nSPS) is 13.0. The molecule has 0 radical (unpaired) electrons. The van der Waals surface area contributed by atoms with Gasteiger partial charge in [0.2, 0.25) is 0 Å². The summed E-state index contributed by atoms with van der Waals surface area (Å²) in [5, 5.41) is 9.69. The maximum absolute atomic E-state index is 12.3. The van der Waals surface area contributed by atoms with E-state index in [1.807, 2.05) is 0 Å². The molecule has 0 aromatic carbocycles. The van der Waals surface area contributed by atoms with E-state index < -0.39 is 6.10 Å². The van der Waals surface area contributed by atoms with Gasteiger partial charge in [-0.1, -0.05) is 296 Å². The van der Waals surface area contributed by atoms with E-state index in [1.54, 1.807) is 0 Å². The highest BCUT2D eigenvalue weighted by atomic mass is 16.6. The van der Waals surface area contributed by atoms with Gasteiger partial charge in [0.25, 0.3) is 0 Å². The molecule has 0 aromatic heterocycles. The standard InChI is InChI=1S/C71H120O5/c1-3-5-7-9-11-13-15-17-19-21-23-25-27-29-31-33-34-35-36-38-40-42-44-46-48-50-52-54-56-58-60-62-64-66-71(74)76-69(67-72)68-75-70(73)65-63-61-59-57-55-53-51-49-47-45-43-41-39-37-32-30-28-26-24-22-20-18-16-14-12-10-8-6-4-2/h5,7,11,13,16-19,22-25,29,31,34-35,38,40,44,46,69,72H,3-4,6,8-10,12,14-15,20-21,26-28,30,32-33,36-37,39,41-43,45,47-68H2,1-2H3/b7-5-,13-11-,18-16-,19-17-,24-22-,25-23-,31-29-,35-34-,40-38-,46-44-. The zero-order chi connectivity index (χ0) is 54.8. The number of hydrogen-bond donors (Lipinski definition) is 1. The van der Waals surface area contributed by atoms with E-state index in [4.69, 9.17) is 9.47 Å². The van der Waals surface area contributed by atoms with Gasteiger partial charge < -0.3 is 14.6 Å². The lowest BCUT2D eigenvalue weighted by Crippen LogP contribution is -2.28. The number of rotatable bonds is 58. The van der Waals surface area contributed by atoms with Gasteiger partial charge in [0.15, 0.2) is 6.10 Å². The Bertz CT molecular complexity index is 1520. The Morgan fingerprint density at radius 1 is 0.316 bits per heavy atom. The quantitative estimate of drug-likeness (QED) is 0.0373. The van der Waals surface area contributed by atoms with E-state index in [0.29, 0.717) is 12.8 Å². The minimum atomic E-state index is -0.785. The Morgan fingerprint density at radius 2 is 0.566 bits per heavy atom. The van der Waals surface area contributed by atoms with Crippen molar-refractivity contribution in [1.29, 1.82) is 0 Å². The monoisotopic (exact) mass is 1050 g/mol. The van der Waals surface area contributed by atoms with E-state index in [-0.39, 0.29) is 25.2 Å². The molecule has 5 heteroatoms. The molecule has 0 aliphatic rings. The lowest BCUT2D eigenvalue weighted by molar-refractivity contribution is -0.161. The number of unbranched alkanes of at least 4 members (excludes halogenated alkanes) is 30. The molecular formula is C71H120O5. The molecule has 0 spiro atoms. The first kappa shape index (κ1) is 72.3. The van der Waals surface area contributed by atoms with Crippen molar-refractivity contribution in [2.45, 2.75) is 302 Å². The summed E-state index contributed by atoms with van der Waals surface area (Å²) in [6.45, 7) is 4.03. The average molecular weight is 1050 g/mol. The minimum Gasteiger partial charge on any atom is -0.462 e. The molecule has 1 N–H and O–H groups in total. The molecule has 0 fully saturated rings. The fourth-order valence-electron chi connectivity index (χ4n) is 8.96. The van der Waals surface area contributed by atoms with Crippen LogP contribution in [-0.4, -0.2) is 36.4 Å². The van der Waals surface area contributed by atoms with Crippen LogP contribution in [0.4, 0.5) is 0 Å². The number of carbonyl (C=O) groups is 2. The fourth-order valence-corrected chi connectivity index (χ4v) is 8.96. The minimum absolute atomic E-state index is 0.0735. The van der Waals surface area contributed by atoms with Gasteiger partial charge in [0.1, 0.15) is 6.61 Å². The van der Waals surface area contributed by atoms with Gasteiger partial charge in [-0.25, -0.2) is 0 Å². The Morgan fingerprint density at radius 3 is 0.855 bits per heavy atom. The number of hydrogen-bond acceptors (Lipinski definition) is 5. The Balaban J connectivity index is 3.53. The predicted octanol–water partition coefficient (Wildman–Crippen LogP) is 22.2. The molecule has 0 saturated heterocycles. The summed E-state index contributed by atoms with van der Waals surface area (Å²) >= 11 is 0. The molecule has 0 heterocycles. The molecule has 1 atom stereocenters. The number of carbonyl (C=O) groups excluding carboxylic acids is 2. The third-order valence-electron chi connectivity index (χ3n) is 13.7. The number of ether oxygens (including phenoxy) is 2. The van der Waals surface area contributed by atoms with E-state index in [9.17, 15) is 14.7 Å². The summed E-state index contributed by atoms with van der Waals surface area (Å²) in [7, 11) is 0. The van der Waals surface area contributed by atoms with Crippen molar-refractivity contribution >= 4 is 11.9 Å². The summed E-state index contributed by atoms with van der Waals surface area (Å²) < 4.78 is 10.7. The van der Waals surface area contributed by atoms with Crippen LogP contribution in [0.1, 0.15) is 296 Å². The summed E-state index contributed by atoms with van der Waals surface area (Å²) in [5.41, 5.74) is 0. The van der Waals surface area contributed by atoms with Crippen LogP contribution in [0.5, 0.6) is 0 Å². The van der Waals surface area contributed by atoms with Crippen molar-refractivity contribution < 1.29 is 24.2 Å². The number of esters is 2. The van der Waals surface area contributed by atoms with Crippen LogP contribution in [0.2, 0.25) is 0 Å². The van der Waals surface area contributed by atoms with Gasteiger partial charge in [-0.15, -0.1) is 0 Å². The van der Waals surface area contributed by atoms with Crippen LogP contribution in [0.25, 0.3) is 0 Å². The molecule has 0 rings (SSSR count). The second-order valence-electron chi connectivity index (χ2n) is 21.1. The number of aliphatic hydroxyl groups is 1. The zero-order valence-electron chi connectivity index (χ0n) is 49.7. The first-order chi connectivity index (χ1) is 37.6. The van der Waals surface area contributed by atoms with E-state index in [1.165, 1.54) is 167 Å². The van der Waals surface area contributed by atoms with Crippen LogP contribution in [0, 0.1) is 0 Å². The molecule has 0 bridgehead atoms. The lowest BCUT2D eigenvalue weighted by Gasteiger charge is -2.15. The summed E-state index contributed by atoms with van der Waals surface area (Å²) in [6.07, 6.45) is 96.2. The maximum Gasteiger partial charge on any atom is 0.306 e. The third kappa shape index (κ3) is 62.8. The molecule has 0 aliphatic carbocycles. The van der Waals surface area contributed by atoms with E-state index >= 15 is 0 Å². The third-order valence-corrected chi connectivity index (χ3v) is 13.7. The van der Waals surface area contributed by atoms with Gasteiger partial charge in [0, 0.05) is 12.8 Å². The lowest BCUT2D eigenvalue weighted by atomic mass is 10.0. The second kappa shape index (κ2) is 65.6. The van der Waals surface area contributed by atoms with E-state index in [0.717, 1.165) is 103 Å². The van der Waals surface area contributed by atoms with Gasteiger partial charge in [-0.05, 0) is 109 Å². The SMILES string of the molecule is CC/C=C\C/C=C\C/C=C\C/C=C\C/C=C\C/C=C\C/C=C\C/C=C\CCCCCCCCCCC(=O)OC(CO)COC(=O)CCCCCCCCCCCCCCCCCCC/C=C\C/C=C\CCCCCCC. The molecule has 434 valence electrons. The molecule has 0 amide bonds. The molecule has 0 aromatic rings. The van der Waals surface area contributed by atoms with Gasteiger partial charge in [-0.2, -0.15) is 0 Å². The van der Waals surface area contributed by atoms with Gasteiger partial charge in [-0.3, -0.25) is 9.59 Å². The van der Waals surface area contributed by atoms with Crippen LogP contribution in [0.15, 0.2) is 122 Å². The zero-order valence-corrected chi connectivity index (χ0v) is 49.7. The smallest absolute Gasteiger partial charge is 0.306 e. The summed E-state index contributed by atoms with van der Waals surface area (Å²) in [4.78, 5) is 24.6. The summed E-state index contributed by atoms with van der Waals surface area (Å²) in [5.74, 6) is -0.597. The van der Waals surface area contributed by atoms with Crippen molar-refractivity contribution in [1.82, 2.24) is 0 Å².